The minimum Gasteiger partial charge on any atom is 0 e. The molecule has 0 spiro atoms. The molecule has 0 atom stereocenters. The minimum absolute atomic E-state index is 0. The van der Waals surface area contributed by atoms with Crippen molar-refractivity contribution in [2.24, 2.45) is 0 Å². The van der Waals surface area contributed by atoms with Crippen molar-refractivity contribution in [1.29, 1.82) is 0 Å². The van der Waals surface area contributed by atoms with Gasteiger partial charge in [0.2, 0.25) is 0 Å². The zero-order valence-electron chi connectivity index (χ0n) is 1.90. The van der Waals surface area contributed by atoms with Gasteiger partial charge in [-0.1, -0.05) is 0 Å². The Labute approximate surface area is 61.0 Å². The Morgan fingerprint density at radius 2 is 1.25 bits per heavy atom. The van der Waals surface area contributed by atoms with Crippen molar-refractivity contribution in [3.63, 3.8) is 0 Å². The average molecular weight is 321 g/mol. The van der Waals surface area contributed by atoms with Crippen LogP contribution in [0.1, 0.15) is 0 Å². The summed E-state index contributed by atoms with van der Waals surface area (Å²) in [6.07, 6.45) is 0. The quantitative estimate of drug-likeness (QED) is 0.568. The van der Waals surface area contributed by atoms with E-state index >= 15 is 0 Å². The molecule has 0 aromatic carbocycles. The molecule has 0 bridgehead atoms. The molecular formula is CoOTaZn. The summed E-state index contributed by atoms with van der Waals surface area (Å²) in [5.41, 5.74) is 0. The van der Waals surface area contributed by atoms with Crippen LogP contribution in [0.2, 0.25) is 0 Å². The fourth-order valence-electron chi connectivity index (χ4n) is 0. The first-order chi connectivity index (χ1) is 1.00. The summed E-state index contributed by atoms with van der Waals surface area (Å²) in [5, 5.41) is 0. The number of rotatable bonds is 0. The van der Waals surface area contributed by atoms with Crippen molar-refractivity contribution >= 4 is 0 Å². The summed E-state index contributed by atoms with van der Waals surface area (Å²) in [6.45, 7) is 0. The van der Waals surface area contributed by atoms with Crippen LogP contribution in [0.4, 0.5) is 0 Å². The van der Waals surface area contributed by atoms with Gasteiger partial charge in [0.05, 0.1) is 0 Å². The van der Waals surface area contributed by atoms with Gasteiger partial charge < -0.3 is 0 Å². The van der Waals surface area contributed by atoms with E-state index in [-0.39, 0.29) is 41.9 Å². The Morgan fingerprint density at radius 1 is 1.25 bits per heavy atom. The van der Waals surface area contributed by atoms with Crippen LogP contribution in [0, 0.1) is 0 Å². The first-order valence-electron chi connectivity index (χ1n) is 0.136. The standard InChI is InChI=1S/Co.O.Ta.Zn. The van der Waals surface area contributed by atoms with Crippen molar-refractivity contribution in [3.8, 4) is 0 Å². The van der Waals surface area contributed by atoms with Crippen LogP contribution in [0.5, 0.6) is 0 Å². The molecule has 1 nitrogen and oxygen atoms in total. The maximum Gasteiger partial charge on any atom is 0 e. The molecule has 0 aliphatic heterocycles. The van der Waals surface area contributed by atoms with E-state index < -0.39 is 0 Å². The third-order valence-corrected chi connectivity index (χ3v) is 0. The normalized spacial score (nSPS) is 1.25. The molecule has 0 saturated heterocycles. The third kappa shape index (κ3) is 9.38. The summed E-state index contributed by atoms with van der Waals surface area (Å²) in [5.74, 6) is 0. The van der Waals surface area contributed by atoms with Crippen LogP contribution in [0.3, 0.4) is 0 Å². The van der Waals surface area contributed by atoms with Gasteiger partial charge in [0, 0.05) is 41.9 Å². The van der Waals surface area contributed by atoms with Gasteiger partial charge in [0.1, 0.15) is 0 Å². The van der Waals surface area contributed by atoms with E-state index in [9.17, 15) is 0 Å². The molecule has 1 radical (unpaired) electrons. The second-order valence-corrected chi connectivity index (χ2v) is 0. The van der Waals surface area contributed by atoms with Gasteiger partial charge in [-0.05, 0) is 0 Å². The largest absolute Gasteiger partial charge is 0 e. The predicted molar refractivity (Wildman–Crippen MR) is 0.686 cm³/mol. The molecule has 22 valence electrons. The number of hydrogen-bond acceptors (Lipinski definition) is 1. The average Bonchev–Trinajstić information content (AvgIpc) is 1.00. The van der Waals surface area contributed by atoms with Gasteiger partial charge in [0.25, 0.3) is 0 Å². The van der Waals surface area contributed by atoms with Crippen LogP contribution in [0.15, 0.2) is 0 Å². The molecule has 0 saturated carbocycles. The van der Waals surface area contributed by atoms with E-state index in [0.717, 1.165) is 0 Å². The third-order valence-electron chi connectivity index (χ3n) is 0. The van der Waals surface area contributed by atoms with E-state index in [4.69, 9.17) is 3.87 Å². The molecular weight excluding hydrogens is 321 g/mol. The van der Waals surface area contributed by atoms with Crippen molar-refractivity contribution in [1.82, 2.24) is 0 Å². The zero-order valence-corrected chi connectivity index (χ0v) is 9.12. The van der Waals surface area contributed by atoms with Crippen molar-refractivity contribution in [3.05, 3.63) is 0 Å². The molecule has 4 heavy (non-hydrogen) atoms. The van der Waals surface area contributed by atoms with Crippen molar-refractivity contribution in [2.75, 3.05) is 0 Å². The molecule has 0 rings (SSSR count). The molecule has 0 aromatic heterocycles. The van der Waals surface area contributed by atoms with Gasteiger partial charge in [-0.15, -0.1) is 0 Å². The van der Waals surface area contributed by atoms with E-state index in [0.29, 0.717) is 0 Å². The van der Waals surface area contributed by atoms with E-state index in [1.54, 1.807) is 0 Å². The summed E-state index contributed by atoms with van der Waals surface area (Å²) in [7, 11) is 0. The van der Waals surface area contributed by atoms with E-state index in [1.807, 2.05) is 0 Å². The molecule has 0 aliphatic rings. The first-order valence-corrected chi connectivity index (χ1v) is 0.561. The number of hydrogen-bond donors (Lipinski definition) is 0. The van der Waals surface area contributed by atoms with E-state index in [1.165, 1.54) is 0 Å². The van der Waals surface area contributed by atoms with Crippen LogP contribution >= 0.6 is 0 Å². The minimum atomic E-state index is 0. The second kappa shape index (κ2) is 22.6. The monoisotopic (exact) mass is 320 g/mol. The molecule has 0 unspecified atom stereocenters. The van der Waals surface area contributed by atoms with Crippen LogP contribution in [-0.4, -0.2) is 0 Å². The zero-order chi connectivity index (χ0) is 2.00. The fourth-order valence-corrected chi connectivity index (χ4v) is 0. The summed E-state index contributed by atoms with van der Waals surface area (Å²) in [6, 6.07) is 0. The SMILES string of the molecule is [O]=[Co].[Ta].[Zn]. The van der Waals surface area contributed by atoms with Crippen LogP contribution in [0.25, 0.3) is 0 Å². The topological polar surface area (TPSA) is 17.1 Å². The Hall–Kier alpha value is 1.67. The Bertz CT molecular complexity index is 8.00. The molecule has 0 heterocycles. The van der Waals surface area contributed by atoms with Crippen LogP contribution in [-0.2, 0) is 61.4 Å². The summed E-state index contributed by atoms with van der Waals surface area (Å²) < 4.78 is 7.94. The van der Waals surface area contributed by atoms with Gasteiger partial charge >= 0.3 is 19.5 Å². The van der Waals surface area contributed by atoms with Crippen molar-refractivity contribution in [2.45, 2.75) is 0 Å². The van der Waals surface area contributed by atoms with Gasteiger partial charge in [-0.3, -0.25) is 0 Å². The fraction of sp³-hybridized carbons (Fsp3) is 0. The second-order valence-electron chi connectivity index (χ2n) is 0. The summed E-state index contributed by atoms with van der Waals surface area (Å²) >= 11 is 2.31. The smallest absolute Gasteiger partial charge is 0 e. The first kappa shape index (κ1) is 17.3. The van der Waals surface area contributed by atoms with Crippen LogP contribution < -0.4 is 0 Å². The maximum atomic E-state index is 7.94. The molecule has 0 fully saturated rings. The van der Waals surface area contributed by atoms with Gasteiger partial charge in [-0.2, -0.15) is 0 Å². The molecule has 0 aromatic rings. The Morgan fingerprint density at radius 3 is 1.25 bits per heavy atom. The van der Waals surface area contributed by atoms with Crippen molar-refractivity contribution < 1.29 is 61.4 Å². The van der Waals surface area contributed by atoms with Gasteiger partial charge in [0.15, 0.2) is 0 Å². The Kier molecular flexibility index (Phi) is 97.8. The predicted octanol–water partition coefficient (Wildman–Crippen LogP) is -0.126. The summed E-state index contributed by atoms with van der Waals surface area (Å²) in [4.78, 5) is 0. The molecule has 4 heteroatoms. The Balaban J connectivity index is -0.00000000500. The molecule has 0 aliphatic carbocycles. The maximum absolute atomic E-state index is 7.94. The van der Waals surface area contributed by atoms with E-state index in [2.05, 4.69) is 15.7 Å². The van der Waals surface area contributed by atoms with Gasteiger partial charge in [-0.25, -0.2) is 0 Å². The molecule has 0 N–H and O–H groups in total. The molecule has 0 amide bonds.